The zero-order valence-electron chi connectivity index (χ0n) is 13.4. The molecular weight excluding hydrogens is 297 g/mol. The molecule has 3 N–H and O–H groups in total. The van der Waals surface area contributed by atoms with Crippen LogP contribution in [0.1, 0.15) is 38.2 Å². The molecule has 0 aliphatic carbocycles. The van der Waals surface area contributed by atoms with E-state index in [0.29, 0.717) is 13.0 Å². The largest absolute Gasteiger partial charge is 0.481 e. The summed E-state index contributed by atoms with van der Waals surface area (Å²) in [6.07, 6.45) is 4.17. The molecule has 6 nitrogen and oxygen atoms in total. The maximum Gasteiger partial charge on any atom is 0.478 e. The smallest absolute Gasteiger partial charge is 0.478 e. The lowest BCUT2D eigenvalue weighted by Crippen LogP contribution is -2.49. The van der Waals surface area contributed by atoms with Gasteiger partial charge in [-0.25, -0.2) is 0 Å². The lowest BCUT2D eigenvalue weighted by Gasteiger charge is -2.23. The number of nitrogens with one attached hydrogen (secondary N) is 1. The predicted molar refractivity (Wildman–Crippen MR) is 87.8 cm³/mol. The van der Waals surface area contributed by atoms with Gasteiger partial charge in [0.05, 0.1) is 12.4 Å². The van der Waals surface area contributed by atoms with Crippen molar-refractivity contribution >= 4 is 19.0 Å². The summed E-state index contributed by atoms with van der Waals surface area (Å²) in [5.74, 6) is -1.20. The Hall–Kier alpha value is -1.86. The molecule has 0 saturated carbocycles. The molecule has 23 heavy (non-hydrogen) atoms. The van der Waals surface area contributed by atoms with E-state index in [1.165, 1.54) is 0 Å². The Bertz CT molecular complexity index is 479. The normalized spacial score (nSPS) is 18.0. The van der Waals surface area contributed by atoms with Crippen LogP contribution < -0.4 is 5.32 Å². The van der Waals surface area contributed by atoms with Crippen molar-refractivity contribution in [3.63, 3.8) is 0 Å². The van der Waals surface area contributed by atoms with E-state index in [-0.39, 0.29) is 11.8 Å². The van der Waals surface area contributed by atoms with Crippen molar-refractivity contribution < 1.29 is 24.4 Å². The lowest BCUT2D eigenvalue weighted by molar-refractivity contribution is -0.134. The number of carbonyl (C=O) groups is 2. The number of hydrogen-bond acceptors (Lipinski definition) is 4. The van der Waals surface area contributed by atoms with Gasteiger partial charge >= 0.3 is 7.12 Å². The third-order valence-electron chi connectivity index (χ3n) is 3.35. The van der Waals surface area contributed by atoms with Crippen LogP contribution in [0.15, 0.2) is 30.3 Å². The van der Waals surface area contributed by atoms with Crippen LogP contribution >= 0.6 is 0 Å². The summed E-state index contributed by atoms with van der Waals surface area (Å²) in [4.78, 5) is 20.9. The Morgan fingerprint density at radius 3 is 2.57 bits per heavy atom. The van der Waals surface area contributed by atoms with Gasteiger partial charge in [-0.05, 0) is 18.4 Å². The highest BCUT2D eigenvalue weighted by molar-refractivity contribution is 6.45. The van der Waals surface area contributed by atoms with Crippen molar-refractivity contribution in [2.24, 2.45) is 0 Å². The highest BCUT2D eigenvalue weighted by atomic mass is 16.5. The highest BCUT2D eigenvalue weighted by Crippen LogP contribution is 2.11. The van der Waals surface area contributed by atoms with Crippen molar-refractivity contribution in [3.8, 4) is 0 Å². The van der Waals surface area contributed by atoms with Gasteiger partial charge in [0.1, 0.15) is 0 Å². The molecule has 1 aliphatic rings. The Morgan fingerprint density at radius 1 is 1.26 bits per heavy atom. The van der Waals surface area contributed by atoms with E-state index in [9.17, 15) is 9.82 Å². The Balaban J connectivity index is 0.000000593. The molecule has 126 valence electrons. The highest BCUT2D eigenvalue weighted by Gasteiger charge is 2.29. The van der Waals surface area contributed by atoms with Crippen LogP contribution in [0.25, 0.3) is 0 Å². The van der Waals surface area contributed by atoms with Crippen molar-refractivity contribution in [2.75, 3.05) is 6.61 Å². The first-order valence-corrected chi connectivity index (χ1v) is 7.81. The number of hydrogen-bond donors (Lipinski definition) is 3. The minimum atomic E-state index is -0.889. The minimum Gasteiger partial charge on any atom is -0.481 e. The van der Waals surface area contributed by atoms with E-state index < -0.39 is 13.1 Å². The van der Waals surface area contributed by atoms with Crippen molar-refractivity contribution in [3.05, 3.63) is 35.9 Å². The number of carboxylic acid groups (broad SMARTS) is 1. The third-order valence-corrected chi connectivity index (χ3v) is 3.35. The number of benzene rings is 1. The zero-order chi connectivity index (χ0) is 17.1. The first kappa shape index (κ1) is 19.2. The third kappa shape index (κ3) is 9.00. The SMILES string of the molecule is CC(=O)O.O=C(Cc1ccccc1)NC1CCCCCOB1O. The zero-order valence-corrected chi connectivity index (χ0v) is 13.4. The molecule has 1 fully saturated rings. The Labute approximate surface area is 137 Å². The van der Waals surface area contributed by atoms with Crippen LogP contribution in [-0.4, -0.2) is 41.7 Å². The van der Waals surface area contributed by atoms with Crippen molar-refractivity contribution in [1.82, 2.24) is 5.32 Å². The molecule has 0 spiro atoms. The maximum absolute atomic E-state index is 11.9. The standard InChI is InChI=1S/C14H20BNO3.C2H4O2/c17-14(11-12-7-3-1-4-8-12)16-13-9-5-2-6-10-19-15(13)18;1-2(3)4/h1,3-4,7-8,13,18H,2,5-6,9-11H2,(H,16,17);1H3,(H,3,4). The Morgan fingerprint density at radius 2 is 1.91 bits per heavy atom. The molecule has 1 amide bonds. The number of carbonyl (C=O) groups excluding carboxylic acids is 1. The quantitative estimate of drug-likeness (QED) is 0.732. The van der Waals surface area contributed by atoms with Crippen LogP contribution in [0.2, 0.25) is 0 Å². The van der Waals surface area contributed by atoms with E-state index in [2.05, 4.69) is 5.32 Å². The van der Waals surface area contributed by atoms with E-state index >= 15 is 0 Å². The topological polar surface area (TPSA) is 95.9 Å². The second kappa shape index (κ2) is 10.8. The molecule has 7 heteroatoms. The van der Waals surface area contributed by atoms with Gasteiger partial charge in [-0.2, -0.15) is 0 Å². The Kier molecular flexibility index (Phi) is 9.01. The first-order chi connectivity index (χ1) is 11.0. The molecular formula is C16H24BNO5. The van der Waals surface area contributed by atoms with E-state index in [0.717, 1.165) is 38.2 Å². The fourth-order valence-electron chi connectivity index (χ4n) is 2.29. The number of carboxylic acids is 1. The lowest BCUT2D eigenvalue weighted by atomic mass is 9.75. The molecule has 1 unspecified atom stereocenters. The summed E-state index contributed by atoms with van der Waals surface area (Å²) in [6, 6.07) is 9.59. The molecule has 1 atom stereocenters. The van der Waals surface area contributed by atoms with Crippen LogP contribution in [0.3, 0.4) is 0 Å². The summed E-state index contributed by atoms with van der Waals surface area (Å²) in [6.45, 7) is 1.65. The summed E-state index contributed by atoms with van der Waals surface area (Å²) < 4.78 is 5.29. The maximum atomic E-state index is 11.9. The molecule has 1 aromatic carbocycles. The average molecular weight is 321 g/mol. The van der Waals surface area contributed by atoms with E-state index in [1.807, 2.05) is 30.3 Å². The monoisotopic (exact) mass is 321 g/mol. The molecule has 1 aliphatic heterocycles. The van der Waals surface area contributed by atoms with Gasteiger partial charge in [0, 0.05) is 13.5 Å². The summed E-state index contributed by atoms with van der Waals surface area (Å²) >= 11 is 0. The van der Waals surface area contributed by atoms with Gasteiger partial charge in [-0.1, -0.05) is 43.2 Å². The van der Waals surface area contributed by atoms with Gasteiger partial charge in [-0.15, -0.1) is 0 Å². The van der Waals surface area contributed by atoms with Gasteiger partial charge < -0.3 is 20.1 Å². The van der Waals surface area contributed by atoms with Gasteiger partial charge in [-0.3, -0.25) is 9.59 Å². The van der Waals surface area contributed by atoms with Crippen LogP contribution in [0.5, 0.6) is 0 Å². The minimum absolute atomic E-state index is 0.0700. The second-order valence-electron chi connectivity index (χ2n) is 5.47. The molecule has 0 bridgehead atoms. The summed E-state index contributed by atoms with van der Waals surface area (Å²) in [7, 11) is -0.889. The molecule has 2 rings (SSSR count). The fraction of sp³-hybridized carbons (Fsp3) is 0.500. The molecule has 0 radical (unpaired) electrons. The van der Waals surface area contributed by atoms with E-state index in [1.54, 1.807) is 0 Å². The molecule has 1 heterocycles. The molecule has 0 aromatic heterocycles. The van der Waals surface area contributed by atoms with Gasteiger partial charge in [0.2, 0.25) is 5.91 Å². The van der Waals surface area contributed by atoms with Gasteiger partial charge in [0.15, 0.2) is 0 Å². The van der Waals surface area contributed by atoms with E-state index in [4.69, 9.17) is 14.6 Å². The average Bonchev–Trinajstić information content (AvgIpc) is 2.47. The predicted octanol–water partition coefficient (Wildman–Crippen LogP) is 1.42. The number of aliphatic carboxylic acids is 1. The molecule has 1 aromatic rings. The fourth-order valence-corrected chi connectivity index (χ4v) is 2.29. The summed E-state index contributed by atoms with van der Waals surface area (Å²) in [5, 5.41) is 20.1. The first-order valence-electron chi connectivity index (χ1n) is 7.81. The number of amides is 1. The van der Waals surface area contributed by atoms with Crippen LogP contribution in [0, 0.1) is 0 Å². The van der Waals surface area contributed by atoms with Gasteiger partial charge in [0.25, 0.3) is 5.97 Å². The summed E-state index contributed by atoms with van der Waals surface area (Å²) in [5.41, 5.74) is 0.973. The molecule has 1 saturated heterocycles. The van der Waals surface area contributed by atoms with Crippen LogP contribution in [-0.2, 0) is 20.7 Å². The second-order valence-corrected chi connectivity index (χ2v) is 5.47. The van der Waals surface area contributed by atoms with Crippen molar-refractivity contribution in [1.29, 1.82) is 0 Å². The number of rotatable bonds is 3. The van der Waals surface area contributed by atoms with Crippen LogP contribution in [0.4, 0.5) is 0 Å². The van der Waals surface area contributed by atoms with Crippen molar-refractivity contribution in [2.45, 2.75) is 45.0 Å².